The molecule has 21 heteroatoms. The molecule has 2 rings (SSSR count). The summed E-state index contributed by atoms with van der Waals surface area (Å²) in [6, 6.07) is 5.63. The fraction of sp³-hybridized carbons (Fsp3) is 0.735. The van der Waals surface area contributed by atoms with E-state index in [0.29, 0.717) is 25.8 Å². The van der Waals surface area contributed by atoms with Crippen LogP contribution in [-0.2, 0) is 58.9 Å². The van der Waals surface area contributed by atoms with Crippen LogP contribution >= 0.6 is 0 Å². The summed E-state index contributed by atoms with van der Waals surface area (Å²) >= 11 is 0. The van der Waals surface area contributed by atoms with Crippen molar-refractivity contribution < 1.29 is 67.5 Å². The highest BCUT2D eigenvalue weighted by molar-refractivity contribution is 5.89. The zero-order valence-electron chi connectivity index (χ0n) is 43.0. The second kappa shape index (κ2) is 32.1. The van der Waals surface area contributed by atoms with E-state index in [1.807, 2.05) is 58.0 Å². The van der Waals surface area contributed by atoms with E-state index in [9.17, 15) is 38.7 Å². The van der Waals surface area contributed by atoms with E-state index in [2.05, 4.69) is 21.3 Å². The predicted octanol–water partition coefficient (Wildman–Crippen LogP) is 1.39. The molecule has 0 saturated carbocycles. The maximum Gasteiger partial charge on any atom is 0.407 e. The SMILES string of the molecule is CCC(CO)OC(O)COC(=O)NCCC(=O)N[C@@H](C)C(=O)OCCCNC(=O)[C@H](Cc1ccccc1)NC(=O)[C@H](C)[C@@H](OC)[C@@H]1CCCN1C(=O)C[C@@H](OC)[C@H](C(C)CC)N(C)C(=O)[C@@H](N)C(C)C. The third kappa shape index (κ3) is 20.1. The number of alkyl carbamates (subject to hydrolysis) is 1. The molecule has 1 heterocycles. The number of hydrogen-bond donors (Lipinski definition) is 7. The number of carbonyl (C=O) groups is 7. The van der Waals surface area contributed by atoms with Crippen LogP contribution in [0.25, 0.3) is 0 Å². The number of benzene rings is 1. The van der Waals surface area contributed by atoms with Gasteiger partial charge in [-0.25, -0.2) is 9.59 Å². The summed E-state index contributed by atoms with van der Waals surface area (Å²) in [6.45, 7) is 12.3. The molecule has 1 aliphatic rings. The van der Waals surface area contributed by atoms with Crippen LogP contribution in [0.3, 0.4) is 0 Å². The number of hydrogen-bond acceptors (Lipinski definition) is 15. The highest BCUT2D eigenvalue weighted by Gasteiger charge is 2.43. The molecule has 1 aliphatic heterocycles. The zero-order chi connectivity index (χ0) is 52.5. The Bertz CT molecular complexity index is 1770. The zero-order valence-corrected chi connectivity index (χ0v) is 43.0. The first-order valence-electron chi connectivity index (χ1n) is 24.5. The standard InChI is InChI=1S/C49H83N7O14/c1-11-31(5)43(55(8)47(63)42(50)30(3)4)38(66-9)27-40(59)56-24-16-20-37(56)44(67-10)32(6)45(61)54-36(26-34-18-14-13-15-19-34)46(62)51-22-17-25-68-48(64)33(7)53-39(58)21-23-52-49(65)69-29-41(60)70-35(12-2)28-57/h13-15,18-19,30-33,35-38,41-44,57,60H,11-12,16-17,20-29,50H2,1-10H3,(H,51,62)(H,52,65)(H,53,58)(H,54,61)/t31?,32-,33+,35?,36+,37+,38-,41?,42+,43+,44-/m1/s1. The van der Waals surface area contributed by atoms with Gasteiger partial charge in [-0.1, -0.05) is 78.3 Å². The molecule has 0 aromatic heterocycles. The molecule has 70 heavy (non-hydrogen) atoms. The van der Waals surface area contributed by atoms with Crippen molar-refractivity contribution in [3.8, 4) is 0 Å². The quantitative estimate of drug-likeness (QED) is 0.0305. The van der Waals surface area contributed by atoms with Crippen molar-refractivity contribution in [2.75, 3.05) is 60.7 Å². The average molecular weight is 994 g/mol. The highest BCUT2D eigenvalue weighted by Crippen LogP contribution is 2.29. The maximum absolute atomic E-state index is 14.2. The topological polar surface area (TPSA) is 287 Å². The molecule has 1 fully saturated rings. The fourth-order valence-electron chi connectivity index (χ4n) is 8.27. The van der Waals surface area contributed by atoms with E-state index in [0.717, 1.165) is 12.0 Å². The predicted molar refractivity (Wildman–Crippen MR) is 259 cm³/mol. The highest BCUT2D eigenvalue weighted by atomic mass is 16.6. The minimum atomic E-state index is -1.43. The summed E-state index contributed by atoms with van der Waals surface area (Å²) in [5, 5.41) is 29.5. The Morgan fingerprint density at radius 2 is 1.59 bits per heavy atom. The van der Waals surface area contributed by atoms with Crippen LogP contribution in [-0.4, -0.2) is 177 Å². The summed E-state index contributed by atoms with van der Waals surface area (Å²) < 4.78 is 27.1. The first-order chi connectivity index (χ1) is 33.2. The average Bonchev–Trinajstić information content (AvgIpc) is 3.83. The molecule has 21 nitrogen and oxygen atoms in total. The largest absolute Gasteiger partial charge is 0.464 e. The van der Waals surface area contributed by atoms with Gasteiger partial charge < -0.3 is 70.7 Å². The van der Waals surface area contributed by atoms with Crippen LogP contribution < -0.4 is 27.0 Å². The number of nitrogens with two attached hydrogens (primary N) is 1. The fourth-order valence-corrected chi connectivity index (χ4v) is 8.27. The van der Waals surface area contributed by atoms with Gasteiger partial charge in [-0.2, -0.15) is 0 Å². The third-order valence-corrected chi connectivity index (χ3v) is 12.8. The summed E-state index contributed by atoms with van der Waals surface area (Å²) in [7, 11) is 4.74. The van der Waals surface area contributed by atoms with Gasteiger partial charge in [-0.3, -0.25) is 24.0 Å². The van der Waals surface area contributed by atoms with E-state index in [1.54, 1.807) is 30.7 Å². The number of aliphatic hydroxyl groups is 2. The molecular formula is C49H83N7O14. The van der Waals surface area contributed by atoms with E-state index in [4.69, 9.17) is 34.5 Å². The molecule has 1 aromatic carbocycles. The molecule has 1 saturated heterocycles. The molecule has 6 amide bonds. The number of nitrogens with one attached hydrogen (secondary N) is 4. The number of nitrogens with zero attached hydrogens (tertiary/aromatic N) is 2. The number of likely N-dealkylation sites (tertiary alicyclic amines) is 1. The lowest BCUT2D eigenvalue weighted by Gasteiger charge is -2.40. The smallest absolute Gasteiger partial charge is 0.407 e. The van der Waals surface area contributed by atoms with Crippen LogP contribution in [0, 0.1) is 17.8 Å². The van der Waals surface area contributed by atoms with Gasteiger partial charge in [0.25, 0.3) is 0 Å². The maximum atomic E-state index is 14.2. The van der Waals surface area contributed by atoms with Gasteiger partial charge in [-0.15, -0.1) is 0 Å². The summed E-state index contributed by atoms with van der Waals surface area (Å²) in [5.74, 6) is -3.44. The van der Waals surface area contributed by atoms with Gasteiger partial charge in [0.15, 0.2) is 6.29 Å². The number of carbonyl (C=O) groups excluding carboxylic acids is 7. The molecule has 0 radical (unpaired) electrons. The van der Waals surface area contributed by atoms with Crippen LogP contribution in [0.1, 0.15) is 99.0 Å². The molecule has 11 atom stereocenters. The Morgan fingerprint density at radius 3 is 2.19 bits per heavy atom. The number of methoxy groups -OCH3 is 2. The van der Waals surface area contributed by atoms with Gasteiger partial charge in [0, 0.05) is 53.7 Å². The van der Waals surface area contributed by atoms with E-state index in [1.165, 1.54) is 21.1 Å². The first-order valence-corrected chi connectivity index (χ1v) is 24.5. The number of aliphatic hydroxyl groups excluding tert-OH is 2. The van der Waals surface area contributed by atoms with E-state index >= 15 is 0 Å². The Kier molecular flexibility index (Phi) is 28.1. The molecule has 0 aliphatic carbocycles. The molecular weight excluding hydrogens is 911 g/mol. The Labute approximate surface area is 413 Å². The molecule has 0 spiro atoms. The van der Waals surface area contributed by atoms with Crippen molar-refractivity contribution in [1.29, 1.82) is 0 Å². The lowest BCUT2D eigenvalue weighted by atomic mass is 9.89. The van der Waals surface area contributed by atoms with Crippen molar-refractivity contribution in [3.05, 3.63) is 35.9 Å². The van der Waals surface area contributed by atoms with Crippen LogP contribution in [0.2, 0.25) is 0 Å². The van der Waals surface area contributed by atoms with Gasteiger partial charge in [0.05, 0.1) is 62.0 Å². The van der Waals surface area contributed by atoms with Crippen molar-refractivity contribution in [1.82, 2.24) is 31.1 Å². The van der Waals surface area contributed by atoms with E-state index < -0.39 is 97.1 Å². The first kappa shape index (κ1) is 61.2. The van der Waals surface area contributed by atoms with Gasteiger partial charge in [0.1, 0.15) is 18.7 Å². The minimum absolute atomic E-state index is 0.0000154. The molecule has 1 aromatic rings. The molecule has 0 bridgehead atoms. The summed E-state index contributed by atoms with van der Waals surface area (Å²) in [5.41, 5.74) is 7.07. The van der Waals surface area contributed by atoms with Crippen molar-refractivity contribution in [2.24, 2.45) is 23.5 Å². The Hall–Kier alpha value is -4.93. The third-order valence-electron chi connectivity index (χ3n) is 12.8. The Morgan fingerprint density at radius 1 is 0.900 bits per heavy atom. The minimum Gasteiger partial charge on any atom is -0.464 e. The second-order valence-corrected chi connectivity index (χ2v) is 18.3. The van der Waals surface area contributed by atoms with Gasteiger partial charge >= 0.3 is 12.1 Å². The number of rotatable bonds is 32. The summed E-state index contributed by atoms with van der Waals surface area (Å²) in [4.78, 5) is 95.5. The van der Waals surface area contributed by atoms with Gasteiger partial charge in [0.2, 0.25) is 29.5 Å². The Balaban J connectivity index is 1.98. The lowest BCUT2D eigenvalue weighted by molar-refractivity contribution is -0.165. The van der Waals surface area contributed by atoms with Crippen molar-refractivity contribution in [2.45, 2.75) is 155 Å². The van der Waals surface area contributed by atoms with Crippen LogP contribution in [0.4, 0.5) is 4.79 Å². The van der Waals surface area contributed by atoms with Crippen LogP contribution in [0.5, 0.6) is 0 Å². The van der Waals surface area contributed by atoms with Crippen molar-refractivity contribution >= 4 is 41.6 Å². The second-order valence-electron chi connectivity index (χ2n) is 18.3. The summed E-state index contributed by atoms with van der Waals surface area (Å²) in [6.07, 6.45) is -1.58. The number of amides is 6. The molecule has 3 unspecified atom stereocenters. The normalized spacial score (nSPS) is 17.9. The lowest BCUT2D eigenvalue weighted by Crippen LogP contribution is -2.56. The van der Waals surface area contributed by atoms with E-state index in [-0.39, 0.29) is 75.6 Å². The number of esters is 1. The van der Waals surface area contributed by atoms with Gasteiger partial charge in [-0.05, 0) is 50.0 Å². The monoisotopic (exact) mass is 994 g/mol. The molecule has 8 N–H and O–H groups in total. The number of likely N-dealkylation sites (N-methyl/N-ethyl adjacent to an activating group) is 1. The number of ether oxygens (including phenoxy) is 5. The van der Waals surface area contributed by atoms with Crippen molar-refractivity contribution in [3.63, 3.8) is 0 Å². The van der Waals surface area contributed by atoms with Crippen LogP contribution in [0.15, 0.2) is 30.3 Å². The molecule has 398 valence electrons.